The first-order valence-electron chi connectivity index (χ1n) is 6.39. The molecule has 1 aromatic heterocycles. The summed E-state index contributed by atoms with van der Waals surface area (Å²) in [4.78, 5) is 16.3. The molecule has 0 fully saturated rings. The summed E-state index contributed by atoms with van der Waals surface area (Å²) in [5.74, 6) is -0.336. The number of halogens is 3. The Bertz CT molecular complexity index is 647. The van der Waals surface area contributed by atoms with Crippen molar-refractivity contribution in [2.75, 3.05) is 0 Å². The second kappa shape index (κ2) is 7.25. The van der Waals surface area contributed by atoms with Crippen LogP contribution in [0.3, 0.4) is 0 Å². The molecule has 2 aromatic rings. The van der Waals surface area contributed by atoms with E-state index in [9.17, 15) is 4.79 Å². The van der Waals surface area contributed by atoms with Gasteiger partial charge in [0.25, 0.3) is 5.91 Å². The first-order chi connectivity index (χ1) is 10.0. The van der Waals surface area contributed by atoms with Gasteiger partial charge in [-0.15, -0.1) is 0 Å². The first-order valence-corrected chi connectivity index (χ1v) is 7.94. The van der Waals surface area contributed by atoms with Crippen molar-refractivity contribution in [1.29, 1.82) is 0 Å². The lowest BCUT2D eigenvalue weighted by Crippen LogP contribution is -2.29. The van der Waals surface area contributed by atoms with Gasteiger partial charge in [0.1, 0.15) is 10.8 Å². The van der Waals surface area contributed by atoms with Crippen LogP contribution in [0.2, 0.25) is 10.2 Å². The minimum Gasteiger partial charge on any atom is -0.344 e. The van der Waals surface area contributed by atoms with Crippen molar-refractivity contribution >= 4 is 45.0 Å². The van der Waals surface area contributed by atoms with E-state index in [0.717, 1.165) is 16.5 Å². The van der Waals surface area contributed by atoms with Crippen molar-refractivity contribution in [2.45, 2.75) is 19.4 Å². The molecule has 2 rings (SSSR count). The Morgan fingerprint density at radius 3 is 2.52 bits per heavy atom. The molecule has 1 aromatic carbocycles. The van der Waals surface area contributed by atoms with E-state index in [-0.39, 0.29) is 27.8 Å². The maximum Gasteiger partial charge on any atom is 0.271 e. The fraction of sp³-hybridized carbons (Fsp3) is 0.200. The van der Waals surface area contributed by atoms with Crippen molar-refractivity contribution in [2.24, 2.45) is 0 Å². The van der Waals surface area contributed by atoms with Gasteiger partial charge >= 0.3 is 0 Å². The van der Waals surface area contributed by atoms with E-state index in [1.54, 1.807) is 12.1 Å². The largest absolute Gasteiger partial charge is 0.344 e. The second-order valence-electron chi connectivity index (χ2n) is 4.45. The zero-order valence-corrected chi connectivity index (χ0v) is 14.3. The van der Waals surface area contributed by atoms with Gasteiger partial charge in [0.15, 0.2) is 0 Å². The fourth-order valence-corrected chi connectivity index (χ4v) is 2.52. The third-order valence-corrected chi connectivity index (χ3v) is 4.06. The lowest BCUT2D eigenvalue weighted by atomic mass is 10.0. The Hall–Kier alpha value is -1.10. The Morgan fingerprint density at radius 1 is 1.24 bits per heavy atom. The number of rotatable bonds is 4. The van der Waals surface area contributed by atoms with E-state index in [4.69, 9.17) is 23.2 Å². The quantitative estimate of drug-likeness (QED) is 0.747. The van der Waals surface area contributed by atoms with Gasteiger partial charge < -0.3 is 5.32 Å². The summed E-state index contributed by atoms with van der Waals surface area (Å²) in [6.45, 7) is 2.00. The van der Waals surface area contributed by atoms with Gasteiger partial charge in [0.2, 0.25) is 0 Å². The fourth-order valence-electron chi connectivity index (χ4n) is 1.92. The molecule has 6 heteroatoms. The van der Waals surface area contributed by atoms with Gasteiger partial charge in [-0.25, -0.2) is 4.98 Å². The summed E-state index contributed by atoms with van der Waals surface area (Å²) >= 11 is 15.2. The number of benzene rings is 1. The molecule has 21 heavy (non-hydrogen) atoms. The zero-order chi connectivity index (χ0) is 15.4. The highest BCUT2D eigenvalue weighted by Crippen LogP contribution is 2.22. The van der Waals surface area contributed by atoms with E-state index in [1.165, 1.54) is 0 Å². The van der Waals surface area contributed by atoms with Crippen LogP contribution < -0.4 is 5.32 Å². The highest BCUT2D eigenvalue weighted by Gasteiger charge is 2.18. The van der Waals surface area contributed by atoms with Gasteiger partial charge in [-0.3, -0.25) is 4.79 Å². The van der Waals surface area contributed by atoms with Crippen LogP contribution in [-0.4, -0.2) is 10.9 Å². The minimum absolute atomic E-state index is 0.109. The number of aromatic nitrogens is 1. The molecule has 0 saturated carbocycles. The van der Waals surface area contributed by atoms with Crippen LogP contribution in [0, 0.1) is 0 Å². The van der Waals surface area contributed by atoms with Crippen molar-refractivity contribution < 1.29 is 4.79 Å². The monoisotopic (exact) mass is 386 g/mol. The van der Waals surface area contributed by atoms with Crippen LogP contribution in [-0.2, 0) is 0 Å². The lowest BCUT2D eigenvalue weighted by Gasteiger charge is -2.17. The van der Waals surface area contributed by atoms with Crippen LogP contribution in [0.4, 0.5) is 0 Å². The van der Waals surface area contributed by atoms with Crippen molar-refractivity contribution in [3.8, 4) is 0 Å². The van der Waals surface area contributed by atoms with Crippen LogP contribution in [0.15, 0.2) is 40.9 Å². The molecule has 0 aliphatic rings. The number of hydrogen-bond donors (Lipinski definition) is 1. The Labute approximate surface area is 141 Å². The van der Waals surface area contributed by atoms with Crippen LogP contribution >= 0.6 is 39.1 Å². The summed E-state index contributed by atoms with van der Waals surface area (Å²) in [5.41, 5.74) is 1.16. The number of nitrogens with one attached hydrogen (secondary N) is 1. The first kappa shape index (κ1) is 16.3. The molecular weight excluding hydrogens is 375 g/mol. The number of carbonyl (C=O) groups excluding carboxylic acids is 1. The summed E-state index contributed by atoms with van der Waals surface area (Å²) in [7, 11) is 0. The Kier molecular flexibility index (Phi) is 5.62. The number of amides is 1. The molecule has 0 aliphatic heterocycles. The Morgan fingerprint density at radius 2 is 1.90 bits per heavy atom. The molecule has 1 unspecified atom stereocenters. The number of hydrogen-bond acceptors (Lipinski definition) is 2. The average Bonchev–Trinajstić information content (AvgIpc) is 2.48. The van der Waals surface area contributed by atoms with E-state index >= 15 is 0 Å². The third-order valence-electron chi connectivity index (χ3n) is 3.01. The van der Waals surface area contributed by atoms with Crippen LogP contribution in [0.1, 0.15) is 35.4 Å². The maximum absolute atomic E-state index is 12.3. The molecule has 1 amide bonds. The third kappa shape index (κ3) is 4.19. The number of nitrogens with zero attached hydrogens (tertiary/aromatic N) is 1. The summed E-state index contributed by atoms with van der Waals surface area (Å²) in [6.07, 6.45) is 0.756. The SMILES string of the molecule is CCC(NC(=O)c1nc(Cl)ccc1Cl)c1ccc(Br)cc1. The maximum atomic E-state index is 12.3. The molecule has 110 valence electrons. The van der Waals surface area contributed by atoms with Gasteiger partial charge in [-0.1, -0.05) is 58.2 Å². The summed E-state index contributed by atoms with van der Waals surface area (Å²) in [5, 5.41) is 3.44. The molecule has 1 atom stereocenters. The zero-order valence-electron chi connectivity index (χ0n) is 11.2. The Balaban J connectivity index is 2.20. The normalized spacial score (nSPS) is 12.0. The summed E-state index contributed by atoms with van der Waals surface area (Å²) in [6, 6.07) is 10.8. The minimum atomic E-state index is -0.336. The molecule has 0 radical (unpaired) electrons. The molecule has 0 aliphatic carbocycles. The highest BCUT2D eigenvalue weighted by atomic mass is 79.9. The number of carbonyl (C=O) groups is 1. The highest BCUT2D eigenvalue weighted by molar-refractivity contribution is 9.10. The topological polar surface area (TPSA) is 42.0 Å². The van der Waals surface area contributed by atoms with E-state index in [0.29, 0.717) is 0 Å². The molecule has 1 N–H and O–H groups in total. The van der Waals surface area contributed by atoms with Gasteiger partial charge in [-0.05, 0) is 36.2 Å². The van der Waals surface area contributed by atoms with Crippen molar-refractivity contribution in [3.05, 3.63) is 62.3 Å². The second-order valence-corrected chi connectivity index (χ2v) is 6.16. The van der Waals surface area contributed by atoms with Gasteiger partial charge in [0, 0.05) is 4.47 Å². The number of pyridine rings is 1. The standard InChI is InChI=1S/C15H13BrCl2N2O/c1-2-12(9-3-5-10(16)6-4-9)19-15(21)14-11(17)7-8-13(18)20-14/h3-8,12H,2H2,1H3,(H,19,21). The van der Waals surface area contributed by atoms with E-state index in [1.807, 2.05) is 31.2 Å². The van der Waals surface area contributed by atoms with E-state index < -0.39 is 0 Å². The molecule has 3 nitrogen and oxygen atoms in total. The molecule has 0 spiro atoms. The van der Waals surface area contributed by atoms with Gasteiger partial charge in [-0.2, -0.15) is 0 Å². The molecule has 0 bridgehead atoms. The average molecular weight is 388 g/mol. The smallest absolute Gasteiger partial charge is 0.271 e. The van der Waals surface area contributed by atoms with Crippen molar-refractivity contribution in [1.82, 2.24) is 10.3 Å². The predicted octanol–water partition coefficient (Wildman–Crippen LogP) is 5.03. The molecular formula is C15H13BrCl2N2O. The van der Waals surface area contributed by atoms with E-state index in [2.05, 4.69) is 26.2 Å². The molecule has 0 saturated heterocycles. The lowest BCUT2D eigenvalue weighted by molar-refractivity contribution is 0.0930. The predicted molar refractivity (Wildman–Crippen MR) is 88.9 cm³/mol. The van der Waals surface area contributed by atoms with Gasteiger partial charge in [0.05, 0.1) is 11.1 Å². The summed E-state index contributed by atoms with van der Waals surface area (Å²) < 4.78 is 0.993. The van der Waals surface area contributed by atoms with Crippen LogP contribution in [0.5, 0.6) is 0 Å². The molecule has 1 heterocycles. The van der Waals surface area contributed by atoms with Crippen molar-refractivity contribution in [3.63, 3.8) is 0 Å². The van der Waals surface area contributed by atoms with Crippen LogP contribution in [0.25, 0.3) is 0 Å².